The molecule has 174 valence electrons. The number of ether oxygens (including phenoxy) is 3. The van der Waals surface area contributed by atoms with E-state index in [-0.39, 0.29) is 11.5 Å². The summed E-state index contributed by atoms with van der Waals surface area (Å²) in [5.41, 5.74) is 0.877. The molecule has 2 heterocycles. The number of hydrogen-bond acceptors (Lipinski definition) is 6. The van der Waals surface area contributed by atoms with Crippen molar-refractivity contribution in [2.45, 2.75) is 24.8 Å². The second-order valence-corrected chi connectivity index (χ2v) is 8.02. The van der Waals surface area contributed by atoms with Gasteiger partial charge in [-0.2, -0.15) is 13.2 Å². The fraction of sp³-hybridized carbons (Fsp3) is 0.286. The Morgan fingerprint density at radius 1 is 1.18 bits per heavy atom. The maximum atomic E-state index is 13.8. The zero-order valence-electron chi connectivity index (χ0n) is 17.3. The highest BCUT2D eigenvalue weighted by Crippen LogP contribution is 2.47. The fourth-order valence-electron chi connectivity index (χ4n) is 3.82. The zero-order valence-corrected chi connectivity index (χ0v) is 18.8. The van der Waals surface area contributed by atoms with Gasteiger partial charge in [0.05, 0.1) is 26.3 Å². The molecule has 0 unspecified atom stereocenters. The third-order valence-electron chi connectivity index (χ3n) is 5.12. The van der Waals surface area contributed by atoms with Gasteiger partial charge in [-0.1, -0.05) is 28.1 Å². The van der Waals surface area contributed by atoms with Crippen molar-refractivity contribution in [1.82, 2.24) is 14.8 Å². The molecule has 0 fully saturated rings. The maximum absolute atomic E-state index is 13.8. The standard InChI is InChI=1S/C21H17BrF3N3O5/c1-31-14-5-3-4-11(18(14)32-2)17-12-8-10(22)6-7-13(12)28-19(15(33-17)9-16(29)30)26-27-20(28)21(23,24)25/h3-8,15,17H,9H2,1-2H3,(H,29,30)/t15-,17-/m0/s1. The molecule has 3 aromatic rings. The Morgan fingerprint density at radius 2 is 1.94 bits per heavy atom. The van der Waals surface area contributed by atoms with Gasteiger partial charge in [0.15, 0.2) is 17.3 Å². The van der Waals surface area contributed by atoms with Crippen LogP contribution in [-0.4, -0.2) is 40.1 Å². The molecule has 0 bridgehead atoms. The normalized spacial score (nSPS) is 17.6. The molecule has 0 saturated carbocycles. The first-order valence-corrected chi connectivity index (χ1v) is 10.4. The highest BCUT2D eigenvalue weighted by atomic mass is 79.9. The zero-order chi connectivity index (χ0) is 23.9. The van der Waals surface area contributed by atoms with E-state index in [1.54, 1.807) is 30.3 Å². The van der Waals surface area contributed by atoms with Gasteiger partial charge in [0, 0.05) is 15.6 Å². The number of carboxylic acids is 1. The number of para-hydroxylation sites is 1. The lowest BCUT2D eigenvalue weighted by Gasteiger charge is -2.24. The van der Waals surface area contributed by atoms with Gasteiger partial charge < -0.3 is 19.3 Å². The molecule has 0 radical (unpaired) electrons. The van der Waals surface area contributed by atoms with E-state index in [0.29, 0.717) is 27.1 Å². The average Bonchev–Trinajstić information content (AvgIpc) is 3.16. The van der Waals surface area contributed by atoms with Gasteiger partial charge in [-0.3, -0.25) is 9.36 Å². The summed E-state index contributed by atoms with van der Waals surface area (Å²) in [6, 6.07) is 9.65. The van der Waals surface area contributed by atoms with E-state index in [1.807, 2.05) is 0 Å². The molecular formula is C21H17BrF3N3O5. The van der Waals surface area contributed by atoms with Crippen molar-refractivity contribution < 1.29 is 37.3 Å². The minimum Gasteiger partial charge on any atom is -0.493 e. The Balaban J connectivity index is 2.04. The number of carbonyl (C=O) groups is 1. The number of aromatic nitrogens is 3. The molecule has 8 nitrogen and oxygen atoms in total. The summed E-state index contributed by atoms with van der Waals surface area (Å²) in [4.78, 5) is 11.6. The Morgan fingerprint density at radius 3 is 2.58 bits per heavy atom. The van der Waals surface area contributed by atoms with Gasteiger partial charge in [-0.15, -0.1) is 10.2 Å². The molecule has 1 aromatic heterocycles. The highest BCUT2D eigenvalue weighted by Gasteiger charge is 2.43. The van der Waals surface area contributed by atoms with Crippen LogP contribution in [-0.2, 0) is 15.7 Å². The van der Waals surface area contributed by atoms with Gasteiger partial charge in [-0.05, 0) is 24.3 Å². The van der Waals surface area contributed by atoms with Crippen LogP contribution in [0.1, 0.15) is 41.4 Å². The summed E-state index contributed by atoms with van der Waals surface area (Å²) in [6.07, 6.45) is -7.81. The summed E-state index contributed by atoms with van der Waals surface area (Å²) in [5, 5.41) is 16.4. The second kappa shape index (κ2) is 8.67. The quantitative estimate of drug-likeness (QED) is 0.513. The van der Waals surface area contributed by atoms with E-state index in [4.69, 9.17) is 14.2 Å². The van der Waals surface area contributed by atoms with Crippen LogP contribution in [0.5, 0.6) is 11.5 Å². The minimum absolute atomic E-state index is 0.105. The maximum Gasteiger partial charge on any atom is 0.452 e. The molecule has 0 aliphatic carbocycles. The van der Waals surface area contributed by atoms with E-state index >= 15 is 0 Å². The molecule has 4 rings (SSSR count). The number of alkyl halides is 3. The van der Waals surface area contributed by atoms with Crippen LogP contribution in [0.15, 0.2) is 40.9 Å². The smallest absolute Gasteiger partial charge is 0.452 e. The van der Waals surface area contributed by atoms with Crippen molar-refractivity contribution in [2.75, 3.05) is 14.2 Å². The lowest BCUT2D eigenvalue weighted by molar-refractivity contribution is -0.146. The first kappa shape index (κ1) is 23.1. The first-order chi connectivity index (χ1) is 15.7. The predicted octanol–water partition coefficient (Wildman–Crippen LogP) is 4.70. The summed E-state index contributed by atoms with van der Waals surface area (Å²) >= 11 is 3.36. The molecular weight excluding hydrogens is 511 g/mol. The number of halogens is 4. The van der Waals surface area contributed by atoms with Gasteiger partial charge in [0.25, 0.3) is 0 Å². The van der Waals surface area contributed by atoms with Crippen molar-refractivity contribution in [3.8, 4) is 17.2 Å². The van der Waals surface area contributed by atoms with Crippen molar-refractivity contribution in [1.29, 1.82) is 0 Å². The van der Waals surface area contributed by atoms with E-state index < -0.39 is 36.6 Å². The molecule has 0 amide bonds. The average molecular weight is 528 g/mol. The number of methoxy groups -OCH3 is 2. The summed E-state index contributed by atoms with van der Waals surface area (Å²) in [5.74, 6) is -2.13. The van der Waals surface area contributed by atoms with Crippen LogP contribution in [0.4, 0.5) is 13.2 Å². The van der Waals surface area contributed by atoms with Crippen molar-refractivity contribution in [3.63, 3.8) is 0 Å². The van der Waals surface area contributed by atoms with E-state index in [9.17, 15) is 23.1 Å². The Hall–Kier alpha value is -3.12. The molecule has 2 aromatic carbocycles. The number of rotatable bonds is 5. The molecule has 0 saturated heterocycles. The summed E-state index contributed by atoms with van der Waals surface area (Å²) < 4.78 is 59.9. The molecule has 1 N–H and O–H groups in total. The number of aliphatic carboxylic acids is 1. The van der Waals surface area contributed by atoms with Crippen LogP contribution in [0.2, 0.25) is 0 Å². The highest BCUT2D eigenvalue weighted by molar-refractivity contribution is 9.10. The van der Waals surface area contributed by atoms with E-state index in [2.05, 4.69) is 26.1 Å². The largest absolute Gasteiger partial charge is 0.493 e. The fourth-order valence-corrected chi connectivity index (χ4v) is 4.20. The monoisotopic (exact) mass is 527 g/mol. The van der Waals surface area contributed by atoms with Gasteiger partial charge in [-0.25, -0.2) is 0 Å². The van der Waals surface area contributed by atoms with Gasteiger partial charge in [0.2, 0.25) is 5.82 Å². The first-order valence-electron chi connectivity index (χ1n) is 9.56. The summed E-state index contributed by atoms with van der Waals surface area (Å²) in [6.45, 7) is 0. The van der Waals surface area contributed by atoms with Crippen molar-refractivity contribution in [2.24, 2.45) is 0 Å². The SMILES string of the molecule is COc1cccc([C@@H]2O[C@@H](CC(=O)O)c3nnc(C(F)(F)F)n3-c3ccc(Br)cc32)c1OC. The second-order valence-electron chi connectivity index (χ2n) is 7.10. The Kier molecular flexibility index (Phi) is 6.06. The lowest BCUT2D eigenvalue weighted by atomic mass is 9.98. The van der Waals surface area contributed by atoms with Crippen LogP contribution in [0.3, 0.4) is 0 Å². The van der Waals surface area contributed by atoms with Crippen molar-refractivity contribution in [3.05, 3.63) is 63.6 Å². The molecule has 12 heteroatoms. The minimum atomic E-state index is -4.84. The molecule has 2 atom stereocenters. The van der Waals surface area contributed by atoms with E-state index in [0.717, 1.165) is 4.57 Å². The number of benzene rings is 2. The van der Waals surface area contributed by atoms with Crippen LogP contribution in [0.25, 0.3) is 5.69 Å². The van der Waals surface area contributed by atoms with Gasteiger partial charge in [0.1, 0.15) is 12.2 Å². The van der Waals surface area contributed by atoms with E-state index in [1.165, 1.54) is 20.3 Å². The topological polar surface area (TPSA) is 95.7 Å². The lowest BCUT2D eigenvalue weighted by Crippen LogP contribution is -2.17. The van der Waals surface area contributed by atoms with Crippen LogP contribution >= 0.6 is 15.9 Å². The molecule has 33 heavy (non-hydrogen) atoms. The van der Waals surface area contributed by atoms with Crippen molar-refractivity contribution >= 4 is 21.9 Å². The Bertz CT molecular complexity index is 1210. The number of carboxylic acid groups (broad SMARTS) is 1. The summed E-state index contributed by atoms with van der Waals surface area (Å²) in [7, 11) is 2.87. The molecule has 0 spiro atoms. The molecule has 1 aliphatic rings. The Labute approximate surface area is 194 Å². The number of fused-ring (bicyclic) bond motifs is 3. The van der Waals surface area contributed by atoms with Crippen LogP contribution < -0.4 is 9.47 Å². The molecule has 1 aliphatic heterocycles. The third-order valence-corrected chi connectivity index (χ3v) is 5.61. The predicted molar refractivity (Wildman–Crippen MR) is 112 cm³/mol. The van der Waals surface area contributed by atoms with Gasteiger partial charge >= 0.3 is 12.1 Å². The number of hydrogen-bond donors (Lipinski definition) is 1. The van der Waals surface area contributed by atoms with Crippen LogP contribution in [0, 0.1) is 0 Å². The third kappa shape index (κ3) is 4.15. The number of nitrogens with zero attached hydrogens (tertiary/aromatic N) is 3.